The summed E-state index contributed by atoms with van der Waals surface area (Å²) in [6.45, 7) is 2.68. The molecule has 2 aromatic rings. The fourth-order valence-corrected chi connectivity index (χ4v) is 4.46. The maximum atomic E-state index is 12.9. The van der Waals surface area contributed by atoms with Gasteiger partial charge in [0.1, 0.15) is 0 Å². The molecule has 6 nitrogen and oxygen atoms in total. The summed E-state index contributed by atoms with van der Waals surface area (Å²) in [6.07, 6.45) is 4.45. The molecule has 0 N–H and O–H groups in total. The van der Waals surface area contributed by atoms with Crippen LogP contribution in [0.2, 0.25) is 0 Å². The summed E-state index contributed by atoms with van der Waals surface area (Å²) >= 11 is 1.88. The number of aryl methyl sites for hydroxylation is 1. The van der Waals surface area contributed by atoms with Gasteiger partial charge in [-0.15, -0.1) is 0 Å². The fraction of sp³-hybridized carbons (Fsp3) is 0.421. The molecule has 26 heavy (non-hydrogen) atoms. The molecule has 2 amide bonds. The largest absolute Gasteiger partial charge is 0.340 e. The number of carbonyl (C=O) groups is 2. The number of hydrogen-bond acceptors (Lipinski definition) is 4. The highest BCUT2D eigenvalue weighted by Crippen LogP contribution is 2.27. The van der Waals surface area contributed by atoms with E-state index in [0.717, 1.165) is 35.9 Å². The second kappa shape index (κ2) is 7.15. The highest BCUT2D eigenvalue weighted by molar-refractivity contribution is 7.99. The molecular weight excluding hydrogens is 348 g/mol. The Morgan fingerprint density at radius 1 is 1.27 bits per heavy atom. The SMILES string of the molecule is Cn1cnc(CCN2Cc3c(C(=O)N4CCSCC4)cccc3C2=O)c1. The molecular formula is C19H22N4O2S. The Balaban J connectivity index is 1.51. The predicted octanol–water partition coefficient (Wildman–Crippen LogP) is 1.81. The van der Waals surface area contributed by atoms with Crippen LogP contribution < -0.4 is 0 Å². The normalized spacial score (nSPS) is 16.9. The number of hydrogen-bond donors (Lipinski definition) is 0. The molecule has 4 rings (SSSR count). The molecule has 1 fully saturated rings. The van der Waals surface area contributed by atoms with Crippen LogP contribution in [0.5, 0.6) is 0 Å². The van der Waals surface area contributed by atoms with E-state index in [1.54, 1.807) is 6.33 Å². The van der Waals surface area contributed by atoms with Gasteiger partial charge in [0.15, 0.2) is 0 Å². The Kier molecular flexibility index (Phi) is 4.72. The summed E-state index contributed by atoms with van der Waals surface area (Å²) in [5.41, 5.74) is 3.20. The fourth-order valence-electron chi connectivity index (χ4n) is 3.55. The third-order valence-corrected chi connectivity index (χ3v) is 5.91. The van der Waals surface area contributed by atoms with Crippen LogP contribution in [0.1, 0.15) is 32.0 Å². The Bertz CT molecular complexity index is 842. The first kappa shape index (κ1) is 17.1. The molecule has 0 radical (unpaired) electrons. The van der Waals surface area contributed by atoms with Gasteiger partial charge in [0.2, 0.25) is 0 Å². The van der Waals surface area contributed by atoms with Crippen LogP contribution in [-0.4, -0.2) is 62.3 Å². The molecule has 1 aromatic heterocycles. The number of aromatic nitrogens is 2. The molecule has 2 aliphatic rings. The minimum atomic E-state index is 0.0137. The zero-order valence-electron chi connectivity index (χ0n) is 14.9. The van der Waals surface area contributed by atoms with Crippen molar-refractivity contribution in [1.29, 1.82) is 0 Å². The molecule has 1 saturated heterocycles. The number of thioether (sulfide) groups is 1. The van der Waals surface area contributed by atoms with Crippen molar-refractivity contribution in [3.8, 4) is 0 Å². The van der Waals surface area contributed by atoms with E-state index in [2.05, 4.69) is 4.98 Å². The van der Waals surface area contributed by atoms with Crippen molar-refractivity contribution in [2.45, 2.75) is 13.0 Å². The van der Waals surface area contributed by atoms with Gasteiger partial charge in [0.25, 0.3) is 11.8 Å². The third kappa shape index (κ3) is 3.23. The van der Waals surface area contributed by atoms with Crippen molar-refractivity contribution in [3.05, 3.63) is 53.1 Å². The van der Waals surface area contributed by atoms with Crippen LogP contribution in [0.15, 0.2) is 30.7 Å². The minimum Gasteiger partial charge on any atom is -0.340 e. The number of fused-ring (bicyclic) bond motifs is 1. The van der Waals surface area contributed by atoms with Crippen LogP contribution in [0.3, 0.4) is 0 Å². The first-order valence-electron chi connectivity index (χ1n) is 8.88. The average Bonchev–Trinajstić information content (AvgIpc) is 3.23. The van der Waals surface area contributed by atoms with E-state index in [0.29, 0.717) is 30.6 Å². The number of benzene rings is 1. The minimum absolute atomic E-state index is 0.0137. The highest BCUT2D eigenvalue weighted by atomic mass is 32.2. The Morgan fingerprint density at radius 2 is 2.08 bits per heavy atom. The van der Waals surface area contributed by atoms with E-state index >= 15 is 0 Å². The van der Waals surface area contributed by atoms with Crippen molar-refractivity contribution in [1.82, 2.24) is 19.4 Å². The zero-order valence-corrected chi connectivity index (χ0v) is 15.7. The Morgan fingerprint density at radius 3 is 2.81 bits per heavy atom. The summed E-state index contributed by atoms with van der Waals surface area (Å²) in [4.78, 5) is 33.7. The Hall–Kier alpha value is -2.28. The van der Waals surface area contributed by atoms with Crippen molar-refractivity contribution in [2.24, 2.45) is 7.05 Å². The zero-order chi connectivity index (χ0) is 18.1. The van der Waals surface area contributed by atoms with Gasteiger partial charge in [-0.25, -0.2) is 4.98 Å². The third-order valence-electron chi connectivity index (χ3n) is 4.97. The van der Waals surface area contributed by atoms with E-state index in [1.165, 1.54) is 0 Å². The van der Waals surface area contributed by atoms with Gasteiger partial charge in [-0.2, -0.15) is 11.8 Å². The first-order chi connectivity index (χ1) is 12.6. The van der Waals surface area contributed by atoms with E-state index in [4.69, 9.17) is 0 Å². The average molecular weight is 370 g/mol. The number of rotatable bonds is 4. The van der Waals surface area contributed by atoms with E-state index in [1.807, 2.05) is 57.6 Å². The number of amides is 2. The summed E-state index contributed by atoms with van der Waals surface area (Å²) in [7, 11) is 1.93. The highest BCUT2D eigenvalue weighted by Gasteiger charge is 2.32. The van der Waals surface area contributed by atoms with E-state index < -0.39 is 0 Å². The number of nitrogens with zero attached hydrogens (tertiary/aromatic N) is 4. The first-order valence-corrected chi connectivity index (χ1v) is 10.0. The quantitative estimate of drug-likeness (QED) is 0.824. The van der Waals surface area contributed by atoms with Gasteiger partial charge in [-0.3, -0.25) is 9.59 Å². The van der Waals surface area contributed by atoms with Gasteiger partial charge in [0.05, 0.1) is 12.0 Å². The summed E-state index contributed by atoms with van der Waals surface area (Å²) < 4.78 is 1.91. The lowest BCUT2D eigenvalue weighted by atomic mass is 10.0. The molecule has 136 valence electrons. The molecule has 1 aromatic carbocycles. The smallest absolute Gasteiger partial charge is 0.254 e. The van der Waals surface area contributed by atoms with Crippen LogP contribution in [0, 0.1) is 0 Å². The van der Waals surface area contributed by atoms with Crippen molar-refractivity contribution >= 4 is 23.6 Å². The van der Waals surface area contributed by atoms with Crippen LogP contribution in [0.4, 0.5) is 0 Å². The topological polar surface area (TPSA) is 58.4 Å². The van der Waals surface area contributed by atoms with Crippen molar-refractivity contribution in [2.75, 3.05) is 31.1 Å². The van der Waals surface area contributed by atoms with Crippen LogP contribution in [0.25, 0.3) is 0 Å². The number of imidazole rings is 1. The second-order valence-electron chi connectivity index (χ2n) is 6.74. The number of carbonyl (C=O) groups excluding carboxylic acids is 2. The molecule has 2 aliphatic heterocycles. The lowest BCUT2D eigenvalue weighted by Gasteiger charge is -2.27. The summed E-state index contributed by atoms with van der Waals surface area (Å²) in [6, 6.07) is 5.52. The van der Waals surface area contributed by atoms with E-state index in [-0.39, 0.29) is 11.8 Å². The van der Waals surface area contributed by atoms with Gasteiger partial charge in [-0.1, -0.05) is 6.07 Å². The maximum Gasteiger partial charge on any atom is 0.254 e. The molecule has 3 heterocycles. The van der Waals surface area contributed by atoms with Crippen molar-refractivity contribution in [3.63, 3.8) is 0 Å². The van der Waals surface area contributed by atoms with E-state index in [9.17, 15) is 9.59 Å². The van der Waals surface area contributed by atoms with Gasteiger partial charge in [0, 0.05) is 68.5 Å². The monoisotopic (exact) mass is 370 g/mol. The predicted molar refractivity (Wildman–Crippen MR) is 101 cm³/mol. The molecule has 0 bridgehead atoms. The van der Waals surface area contributed by atoms with Crippen LogP contribution in [-0.2, 0) is 20.0 Å². The van der Waals surface area contributed by atoms with Gasteiger partial charge < -0.3 is 14.4 Å². The van der Waals surface area contributed by atoms with Gasteiger partial charge >= 0.3 is 0 Å². The van der Waals surface area contributed by atoms with Gasteiger partial charge in [-0.05, 0) is 17.7 Å². The lowest BCUT2D eigenvalue weighted by Crippen LogP contribution is -2.38. The molecule has 0 spiro atoms. The molecule has 0 aliphatic carbocycles. The lowest BCUT2D eigenvalue weighted by molar-refractivity contribution is 0.0759. The van der Waals surface area contributed by atoms with Crippen LogP contribution >= 0.6 is 11.8 Å². The second-order valence-corrected chi connectivity index (χ2v) is 7.97. The molecule has 7 heteroatoms. The van der Waals surface area contributed by atoms with Crippen molar-refractivity contribution < 1.29 is 9.59 Å². The molecule has 0 saturated carbocycles. The summed E-state index contributed by atoms with van der Waals surface area (Å²) in [5.74, 6) is 2.03. The maximum absolute atomic E-state index is 12.9. The Labute approximate surface area is 157 Å². The molecule has 0 unspecified atom stereocenters. The molecule has 0 atom stereocenters. The summed E-state index contributed by atoms with van der Waals surface area (Å²) in [5, 5.41) is 0. The standard InChI is InChI=1S/C19H22N4O2S/c1-21-11-14(20-13-21)5-6-23-12-17-15(3-2-4-16(17)19(23)25)18(24)22-7-9-26-10-8-22/h2-4,11,13H,5-10,12H2,1H3.